The lowest BCUT2D eigenvalue weighted by Crippen LogP contribution is -2.19. The van der Waals surface area contributed by atoms with Gasteiger partial charge in [-0.3, -0.25) is 0 Å². The van der Waals surface area contributed by atoms with E-state index in [-0.39, 0.29) is 12.5 Å². The molecule has 0 unspecified atom stereocenters. The van der Waals surface area contributed by atoms with E-state index < -0.39 is 0 Å². The van der Waals surface area contributed by atoms with Crippen LogP contribution in [-0.2, 0) is 11.3 Å². The van der Waals surface area contributed by atoms with Crippen LogP contribution in [0.3, 0.4) is 0 Å². The van der Waals surface area contributed by atoms with Crippen LogP contribution >= 0.6 is 0 Å². The zero-order valence-corrected chi connectivity index (χ0v) is 12.2. The first-order valence-electron chi connectivity index (χ1n) is 7.40. The van der Waals surface area contributed by atoms with Gasteiger partial charge < -0.3 is 15.2 Å². The highest BCUT2D eigenvalue weighted by atomic mass is 16.5. The van der Waals surface area contributed by atoms with Crippen molar-refractivity contribution >= 4 is 5.69 Å². The van der Waals surface area contributed by atoms with Crippen LogP contribution in [0.1, 0.15) is 12.0 Å². The minimum absolute atomic E-state index is 0.175. The normalized spacial score (nSPS) is 12.0. The number of ether oxygens (including phenoxy) is 1. The van der Waals surface area contributed by atoms with Gasteiger partial charge in [-0.2, -0.15) is 0 Å². The number of rotatable bonds is 9. The van der Waals surface area contributed by atoms with Gasteiger partial charge in [-0.15, -0.1) is 0 Å². The third kappa shape index (κ3) is 5.98. The van der Waals surface area contributed by atoms with E-state index in [1.165, 1.54) is 5.56 Å². The summed E-state index contributed by atoms with van der Waals surface area (Å²) in [4.78, 5) is 0. The molecular weight excluding hydrogens is 262 g/mol. The molecule has 0 spiro atoms. The van der Waals surface area contributed by atoms with Gasteiger partial charge in [-0.1, -0.05) is 48.5 Å². The van der Waals surface area contributed by atoms with Gasteiger partial charge in [0.05, 0.1) is 6.61 Å². The van der Waals surface area contributed by atoms with E-state index in [4.69, 9.17) is 4.74 Å². The highest BCUT2D eigenvalue weighted by Crippen LogP contribution is 2.09. The van der Waals surface area contributed by atoms with E-state index in [1.807, 2.05) is 48.5 Å². The summed E-state index contributed by atoms with van der Waals surface area (Å²) < 4.78 is 5.67. The molecule has 2 rings (SSSR count). The van der Waals surface area contributed by atoms with E-state index in [0.29, 0.717) is 13.2 Å². The molecule has 112 valence electrons. The fraction of sp³-hybridized carbons (Fsp3) is 0.333. The van der Waals surface area contributed by atoms with Crippen molar-refractivity contribution in [3.63, 3.8) is 0 Å². The minimum Gasteiger partial charge on any atom is -0.396 e. The molecule has 3 heteroatoms. The number of hydrogen-bond acceptors (Lipinski definition) is 3. The number of aliphatic hydroxyl groups excluding tert-OH is 1. The monoisotopic (exact) mass is 285 g/mol. The smallest absolute Gasteiger partial charge is 0.0716 e. The van der Waals surface area contributed by atoms with Crippen LogP contribution in [0.4, 0.5) is 5.69 Å². The molecule has 3 nitrogen and oxygen atoms in total. The first-order chi connectivity index (χ1) is 10.4. The molecule has 0 bridgehead atoms. The predicted octanol–water partition coefficient (Wildman–Crippen LogP) is 3.31. The Kier molecular flexibility index (Phi) is 6.78. The molecular formula is C18H23NO2. The molecule has 2 aromatic carbocycles. The third-order valence-electron chi connectivity index (χ3n) is 3.41. The quantitative estimate of drug-likeness (QED) is 0.695. The Morgan fingerprint density at radius 1 is 0.952 bits per heavy atom. The molecule has 0 aliphatic carbocycles. The maximum absolute atomic E-state index is 9.42. The number of anilines is 1. The molecule has 0 fully saturated rings. The summed E-state index contributed by atoms with van der Waals surface area (Å²) in [7, 11) is 0. The van der Waals surface area contributed by atoms with E-state index in [9.17, 15) is 5.11 Å². The fourth-order valence-electron chi connectivity index (χ4n) is 2.09. The molecule has 2 N–H and O–H groups in total. The van der Waals surface area contributed by atoms with Crippen molar-refractivity contribution in [1.82, 2.24) is 0 Å². The Morgan fingerprint density at radius 2 is 1.62 bits per heavy atom. The van der Waals surface area contributed by atoms with Crippen LogP contribution < -0.4 is 5.32 Å². The Hall–Kier alpha value is -1.84. The van der Waals surface area contributed by atoms with Crippen molar-refractivity contribution in [2.75, 3.05) is 25.1 Å². The van der Waals surface area contributed by atoms with E-state index in [0.717, 1.165) is 18.7 Å². The number of aliphatic hydroxyl groups is 1. The number of hydrogen-bond donors (Lipinski definition) is 2. The topological polar surface area (TPSA) is 41.5 Å². The molecule has 1 atom stereocenters. The van der Waals surface area contributed by atoms with E-state index in [2.05, 4.69) is 17.4 Å². The zero-order valence-electron chi connectivity index (χ0n) is 12.2. The molecule has 2 aromatic rings. The average Bonchev–Trinajstić information content (AvgIpc) is 2.56. The Balaban J connectivity index is 1.63. The van der Waals surface area contributed by atoms with Crippen molar-refractivity contribution in [3.05, 3.63) is 66.2 Å². The average molecular weight is 285 g/mol. The number of benzene rings is 2. The summed E-state index contributed by atoms with van der Waals surface area (Å²) >= 11 is 0. The highest BCUT2D eigenvalue weighted by molar-refractivity contribution is 5.42. The standard InChI is InChI=1S/C18H23NO2/c20-14-17(13-19-18-9-5-2-6-10-18)11-12-21-15-16-7-3-1-4-8-16/h1-10,17,19-20H,11-15H2/t17-/m0/s1. The van der Waals surface area contributed by atoms with Gasteiger partial charge >= 0.3 is 0 Å². The third-order valence-corrected chi connectivity index (χ3v) is 3.41. The number of para-hydroxylation sites is 1. The second-order valence-corrected chi connectivity index (χ2v) is 5.12. The van der Waals surface area contributed by atoms with Gasteiger partial charge in [0.1, 0.15) is 0 Å². The predicted molar refractivity (Wildman–Crippen MR) is 86.2 cm³/mol. The molecule has 21 heavy (non-hydrogen) atoms. The van der Waals surface area contributed by atoms with Gasteiger partial charge in [0.25, 0.3) is 0 Å². The zero-order chi connectivity index (χ0) is 14.8. The van der Waals surface area contributed by atoms with Crippen LogP contribution in [-0.4, -0.2) is 24.9 Å². The van der Waals surface area contributed by atoms with Crippen molar-refractivity contribution in [2.24, 2.45) is 5.92 Å². The first kappa shape index (κ1) is 15.5. The molecule has 0 aliphatic rings. The van der Waals surface area contributed by atoms with Crippen molar-refractivity contribution in [1.29, 1.82) is 0 Å². The SMILES string of the molecule is OC[C@@H](CCOCc1ccccc1)CNc1ccccc1. The number of nitrogens with one attached hydrogen (secondary N) is 1. The Bertz CT molecular complexity index is 487. The molecule has 0 aliphatic heterocycles. The second kappa shape index (κ2) is 9.16. The lowest BCUT2D eigenvalue weighted by Gasteiger charge is -2.16. The largest absolute Gasteiger partial charge is 0.396 e. The summed E-state index contributed by atoms with van der Waals surface area (Å²) in [5, 5.41) is 12.8. The van der Waals surface area contributed by atoms with Crippen LogP contribution in [0.5, 0.6) is 0 Å². The molecule has 0 aromatic heterocycles. The van der Waals surface area contributed by atoms with Crippen molar-refractivity contribution in [2.45, 2.75) is 13.0 Å². The summed E-state index contributed by atoms with van der Waals surface area (Å²) in [6.45, 7) is 2.23. The maximum atomic E-state index is 9.42. The Labute approximate surface area is 126 Å². The van der Waals surface area contributed by atoms with E-state index >= 15 is 0 Å². The van der Waals surface area contributed by atoms with Gasteiger partial charge in [0.15, 0.2) is 0 Å². The first-order valence-corrected chi connectivity index (χ1v) is 7.40. The summed E-state index contributed by atoms with van der Waals surface area (Å²) in [6.07, 6.45) is 0.850. The van der Waals surface area contributed by atoms with Gasteiger partial charge in [0.2, 0.25) is 0 Å². The van der Waals surface area contributed by atoms with Gasteiger partial charge in [0, 0.05) is 31.4 Å². The van der Waals surface area contributed by atoms with Crippen molar-refractivity contribution in [3.8, 4) is 0 Å². The highest BCUT2D eigenvalue weighted by Gasteiger charge is 2.07. The van der Waals surface area contributed by atoms with E-state index in [1.54, 1.807) is 0 Å². The van der Waals surface area contributed by atoms with Crippen LogP contribution in [0.25, 0.3) is 0 Å². The van der Waals surface area contributed by atoms with Crippen LogP contribution in [0.2, 0.25) is 0 Å². The van der Waals surface area contributed by atoms with Crippen molar-refractivity contribution < 1.29 is 9.84 Å². The summed E-state index contributed by atoms with van der Waals surface area (Å²) in [5.74, 6) is 0.209. The Morgan fingerprint density at radius 3 is 2.29 bits per heavy atom. The molecule has 0 saturated heterocycles. The lowest BCUT2D eigenvalue weighted by molar-refractivity contribution is 0.0974. The summed E-state index contributed by atoms with van der Waals surface area (Å²) in [6, 6.07) is 20.2. The van der Waals surface area contributed by atoms with Crippen LogP contribution in [0, 0.1) is 5.92 Å². The molecule has 0 radical (unpaired) electrons. The minimum atomic E-state index is 0.175. The fourth-order valence-corrected chi connectivity index (χ4v) is 2.09. The summed E-state index contributed by atoms with van der Waals surface area (Å²) in [5.41, 5.74) is 2.27. The maximum Gasteiger partial charge on any atom is 0.0716 e. The second-order valence-electron chi connectivity index (χ2n) is 5.12. The van der Waals surface area contributed by atoms with Gasteiger partial charge in [-0.25, -0.2) is 0 Å². The van der Waals surface area contributed by atoms with Gasteiger partial charge in [-0.05, 0) is 24.1 Å². The molecule has 0 saturated carbocycles. The molecule has 0 heterocycles. The molecule has 0 amide bonds. The van der Waals surface area contributed by atoms with Crippen LogP contribution in [0.15, 0.2) is 60.7 Å². The lowest BCUT2D eigenvalue weighted by atomic mass is 10.1.